The maximum atomic E-state index is 12.3. The van der Waals surface area contributed by atoms with E-state index in [1.807, 2.05) is 24.3 Å². The Kier molecular flexibility index (Phi) is 7.59. The van der Waals surface area contributed by atoms with Crippen LogP contribution in [0, 0.1) is 0 Å². The third-order valence-electron chi connectivity index (χ3n) is 3.58. The summed E-state index contributed by atoms with van der Waals surface area (Å²) in [5.41, 5.74) is 7.86. The zero-order valence-electron chi connectivity index (χ0n) is 12.9. The van der Waals surface area contributed by atoms with Crippen LogP contribution in [-0.2, 0) is 6.42 Å². The van der Waals surface area contributed by atoms with E-state index in [2.05, 4.69) is 17.2 Å². The SMILES string of the molecule is CCc1cccc(NC(N)=NC2CCN(CC(F)(F)F)C2)c1.I. The quantitative estimate of drug-likeness (QED) is 0.428. The Bertz CT molecular complexity index is 534. The van der Waals surface area contributed by atoms with Gasteiger partial charge in [-0.25, -0.2) is 4.99 Å². The maximum Gasteiger partial charge on any atom is 0.401 e. The number of rotatable bonds is 4. The summed E-state index contributed by atoms with van der Waals surface area (Å²) in [4.78, 5) is 5.64. The maximum absolute atomic E-state index is 12.3. The van der Waals surface area contributed by atoms with Gasteiger partial charge in [-0.2, -0.15) is 13.2 Å². The number of aliphatic imine (C=N–C) groups is 1. The van der Waals surface area contributed by atoms with Gasteiger partial charge in [0.05, 0.1) is 12.6 Å². The van der Waals surface area contributed by atoms with E-state index in [0.717, 1.165) is 12.1 Å². The lowest BCUT2D eigenvalue weighted by molar-refractivity contribution is -0.143. The monoisotopic (exact) mass is 442 g/mol. The number of anilines is 1. The highest BCUT2D eigenvalue weighted by atomic mass is 127. The fourth-order valence-electron chi connectivity index (χ4n) is 2.56. The van der Waals surface area contributed by atoms with Gasteiger partial charge in [0.1, 0.15) is 0 Å². The molecule has 23 heavy (non-hydrogen) atoms. The normalized spacial score (nSPS) is 19.5. The van der Waals surface area contributed by atoms with Gasteiger partial charge in [-0.3, -0.25) is 4.90 Å². The van der Waals surface area contributed by atoms with Crippen LogP contribution in [0.1, 0.15) is 18.9 Å². The fraction of sp³-hybridized carbons (Fsp3) is 0.533. The second kappa shape index (κ2) is 8.72. The lowest BCUT2D eigenvalue weighted by Crippen LogP contribution is -2.33. The van der Waals surface area contributed by atoms with E-state index >= 15 is 0 Å². The van der Waals surface area contributed by atoms with Crippen LogP contribution in [0.15, 0.2) is 29.3 Å². The van der Waals surface area contributed by atoms with Crippen LogP contribution in [0.5, 0.6) is 0 Å². The first-order valence-corrected chi connectivity index (χ1v) is 7.34. The van der Waals surface area contributed by atoms with E-state index in [0.29, 0.717) is 13.0 Å². The molecule has 1 aromatic rings. The van der Waals surface area contributed by atoms with Gasteiger partial charge >= 0.3 is 6.18 Å². The number of nitrogens with two attached hydrogens (primary N) is 1. The Balaban J connectivity index is 0.00000264. The molecule has 8 heteroatoms. The first-order valence-electron chi connectivity index (χ1n) is 7.34. The summed E-state index contributed by atoms with van der Waals surface area (Å²) in [5, 5.41) is 2.99. The Labute approximate surface area is 151 Å². The molecule has 1 aliphatic heterocycles. The van der Waals surface area contributed by atoms with Crippen LogP contribution < -0.4 is 11.1 Å². The Morgan fingerprint density at radius 1 is 1.43 bits per heavy atom. The van der Waals surface area contributed by atoms with Crippen LogP contribution in [0.4, 0.5) is 18.9 Å². The zero-order valence-corrected chi connectivity index (χ0v) is 15.3. The standard InChI is InChI=1S/C15H21F3N4.HI/c1-2-11-4-3-5-12(8-11)20-14(19)21-13-6-7-22(9-13)10-15(16,17)18;/h3-5,8,13H,2,6-7,9-10H2,1H3,(H3,19,20,21);1H. The predicted molar refractivity (Wildman–Crippen MR) is 97.4 cm³/mol. The molecule has 0 saturated carbocycles. The minimum Gasteiger partial charge on any atom is -0.370 e. The minimum atomic E-state index is -4.16. The number of halogens is 4. The molecular weight excluding hydrogens is 420 g/mol. The van der Waals surface area contributed by atoms with E-state index in [-0.39, 0.29) is 42.5 Å². The van der Waals surface area contributed by atoms with Gasteiger partial charge in [0.15, 0.2) is 5.96 Å². The van der Waals surface area contributed by atoms with Crippen molar-refractivity contribution < 1.29 is 13.2 Å². The first-order chi connectivity index (χ1) is 10.4. The molecule has 1 atom stereocenters. The number of nitrogens with one attached hydrogen (secondary N) is 1. The topological polar surface area (TPSA) is 53.6 Å². The molecule has 0 amide bonds. The van der Waals surface area contributed by atoms with Gasteiger partial charge in [0.25, 0.3) is 0 Å². The molecule has 0 bridgehead atoms. The molecule has 0 aromatic heterocycles. The smallest absolute Gasteiger partial charge is 0.370 e. The highest BCUT2D eigenvalue weighted by molar-refractivity contribution is 14.0. The lowest BCUT2D eigenvalue weighted by Gasteiger charge is -2.17. The molecule has 0 aliphatic carbocycles. The van der Waals surface area contributed by atoms with Crippen LogP contribution >= 0.6 is 24.0 Å². The molecular formula is C15H22F3IN4. The Morgan fingerprint density at radius 3 is 2.83 bits per heavy atom. The zero-order chi connectivity index (χ0) is 16.2. The van der Waals surface area contributed by atoms with Gasteiger partial charge in [0, 0.05) is 18.8 Å². The van der Waals surface area contributed by atoms with E-state index in [4.69, 9.17) is 5.73 Å². The van der Waals surface area contributed by atoms with Crippen molar-refractivity contribution in [1.82, 2.24) is 4.90 Å². The molecule has 130 valence electrons. The molecule has 1 aromatic carbocycles. The summed E-state index contributed by atoms with van der Waals surface area (Å²) < 4.78 is 37.0. The van der Waals surface area contributed by atoms with E-state index in [9.17, 15) is 13.2 Å². The second-order valence-corrected chi connectivity index (χ2v) is 5.49. The van der Waals surface area contributed by atoms with Crippen molar-refractivity contribution in [2.75, 3.05) is 25.0 Å². The van der Waals surface area contributed by atoms with Gasteiger partial charge in [0.2, 0.25) is 0 Å². The number of aryl methyl sites for hydroxylation is 1. The summed E-state index contributed by atoms with van der Waals surface area (Å²) in [6, 6.07) is 7.61. The van der Waals surface area contributed by atoms with E-state index in [1.165, 1.54) is 10.5 Å². The Hall–Kier alpha value is -1.03. The Morgan fingerprint density at radius 2 is 2.17 bits per heavy atom. The van der Waals surface area contributed by atoms with Crippen LogP contribution in [-0.4, -0.2) is 42.7 Å². The molecule has 0 radical (unpaired) electrons. The highest BCUT2D eigenvalue weighted by Crippen LogP contribution is 2.21. The summed E-state index contributed by atoms with van der Waals surface area (Å²) >= 11 is 0. The summed E-state index contributed by atoms with van der Waals surface area (Å²) in [6.45, 7) is 1.86. The highest BCUT2D eigenvalue weighted by Gasteiger charge is 2.34. The van der Waals surface area contributed by atoms with Crippen molar-refractivity contribution >= 4 is 35.6 Å². The summed E-state index contributed by atoms with van der Waals surface area (Å²) in [7, 11) is 0. The van der Waals surface area contributed by atoms with Crippen molar-refractivity contribution in [2.24, 2.45) is 10.7 Å². The average molecular weight is 442 g/mol. The molecule has 1 aliphatic rings. The molecule has 3 N–H and O–H groups in total. The largest absolute Gasteiger partial charge is 0.401 e. The average Bonchev–Trinajstić information content (AvgIpc) is 2.83. The third kappa shape index (κ3) is 6.94. The molecule has 1 heterocycles. The van der Waals surface area contributed by atoms with E-state index < -0.39 is 12.7 Å². The number of nitrogens with zero attached hydrogens (tertiary/aromatic N) is 2. The summed E-state index contributed by atoms with van der Waals surface area (Å²) in [6.07, 6.45) is -2.65. The van der Waals surface area contributed by atoms with Crippen LogP contribution in [0.25, 0.3) is 0 Å². The summed E-state index contributed by atoms with van der Waals surface area (Å²) in [5.74, 6) is 0.243. The molecule has 4 nitrogen and oxygen atoms in total. The van der Waals surface area contributed by atoms with Crippen LogP contribution in [0.3, 0.4) is 0 Å². The molecule has 0 spiro atoms. The second-order valence-electron chi connectivity index (χ2n) is 5.49. The number of likely N-dealkylation sites (tertiary alicyclic amines) is 1. The van der Waals surface area contributed by atoms with Crippen molar-refractivity contribution in [3.63, 3.8) is 0 Å². The number of benzene rings is 1. The number of alkyl halides is 3. The fourth-order valence-corrected chi connectivity index (χ4v) is 2.56. The minimum absolute atomic E-state index is 0. The predicted octanol–water partition coefficient (Wildman–Crippen LogP) is 3.23. The van der Waals surface area contributed by atoms with Gasteiger partial charge in [-0.15, -0.1) is 24.0 Å². The lowest BCUT2D eigenvalue weighted by atomic mass is 10.1. The molecule has 1 saturated heterocycles. The number of hydrogen-bond acceptors (Lipinski definition) is 2. The molecule has 2 rings (SSSR count). The van der Waals surface area contributed by atoms with Crippen molar-refractivity contribution in [3.05, 3.63) is 29.8 Å². The van der Waals surface area contributed by atoms with Gasteiger partial charge < -0.3 is 11.1 Å². The van der Waals surface area contributed by atoms with Crippen molar-refractivity contribution in [1.29, 1.82) is 0 Å². The van der Waals surface area contributed by atoms with Gasteiger partial charge in [-0.1, -0.05) is 19.1 Å². The molecule has 1 fully saturated rings. The number of guanidine groups is 1. The first kappa shape index (κ1) is 20.0. The van der Waals surface area contributed by atoms with E-state index in [1.54, 1.807) is 0 Å². The third-order valence-corrected chi connectivity index (χ3v) is 3.58. The van der Waals surface area contributed by atoms with Crippen molar-refractivity contribution in [3.8, 4) is 0 Å². The molecule has 1 unspecified atom stereocenters. The van der Waals surface area contributed by atoms with Gasteiger partial charge in [-0.05, 0) is 30.5 Å². The van der Waals surface area contributed by atoms with Crippen LogP contribution in [0.2, 0.25) is 0 Å². The van der Waals surface area contributed by atoms with Crippen molar-refractivity contribution in [2.45, 2.75) is 32.0 Å². The number of hydrogen-bond donors (Lipinski definition) is 2.